The van der Waals surface area contributed by atoms with E-state index in [2.05, 4.69) is 0 Å². The predicted octanol–water partition coefficient (Wildman–Crippen LogP) is 2.76. The maximum Gasteiger partial charge on any atom is 0.384 e. The number of hydrogen-bond donors (Lipinski definition) is 0. The Morgan fingerprint density at radius 2 is 2.06 bits per heavy atom. The first-order chi connectivity index (χ1) is 17.0. The van der Waals surface area contributed by atoms with Gasteiger partial charge in [-0.2, -0.15) is 0 Å². The van der Waals surface area contributed by atoms with E-state index in [0.717, 1.165) is 27.5 Å². The second-order valence-corrected chi connectivity index (χ2v) is 10.4. The average Bonchev–Trinajstić information content (AvgIpc) is 3.42. The van der Waals surface area contributed by atoms with Crippen molar-refractivity contribution in [2.75, 3.05) is 7.05 Å². The fraction of sp³-hybridized carbons (Fsp3) is 0.200. The molecule has 1 aliphatic heterocycles. The standard InChI is InChI=1S/C25H26N5O2S3/c1-4-30-21(35-22(23(30)32)20-12-8-9-13-27(20)2)17-34-25(26-24-28(3)14-15-33-24)29(18-31)16-19-10-6-5-7-11-19/h5-15,17-18H,4,16H2,1-3H3/q+1/b21-17-,22-20-. The van der Waals surface area contributed by atoms with E-state index in [-0.39, 0.29) is 5.56 Å². The van der Waals surface area contributed by atoms with Gasteiger partial charge in [0.15, 0.2) is 0 Å². The summed E-state index contributed by atoms with van der Waals surface area (Å²) in [5, 5.41) is 5.18. The fourth-order valence-corrected chi connectivity index (χ4v) is 6.33. The smallest absolute Gasteiger partial charge is 0.350 e. The predicted molar refractivity (Wildman–Crippen MR) is 146 cm³/mol. The minimum Gasteiger partial charge on any atom is -0.350 e. The van der Waals surface area contributed by atoms with Gasteiger partial charge in [-0.05, 0) is 41.4 Å². The topological polar surface area (TPSA) is 61.8 Å². The number of thiazole rings is 2. The summed E-state index contributed by atoms with van der Waals surface area (Å²) in [5.41, 5.74) is 1.85. The van der Waals surface area contributed by atoms with Gasteiger partial charge in [-0.25, -0.2) is 4.57 Å². The lowest BCUT2D eigenvalue weighted by atomic mass is 10.2. The number of thioether (sulfide) groups is 1. The van der Waals surface area contributed by atoms with Crippen molar-refractivity contribution in [2.45, 2.75) is 20.0 Å². The Bertz CT molecular complexity index is 1460. The Morgan fingerprint density at radius 1 is 1.26 bits per heavy atom. The van der Waals surface area contributed by atoms with Crippen molar-refractivity contribution < 1.29 is 9.36 Å². The highest BCUT2D eigenvalue weighted by Gasteiger charge is 2.20. The van der Waals surface area contributed by atoms with Gasteiger partial charge >= 0.3 is 5.13 Å². The maximum atomic E-state index is 13.2. The van der Waals surface area contributed by atoms with Gasteiger partial charge in [0.25, 0.3) is 10.7 Å². The van der Waals surface area contributed by atoms with Gasteiger partial charge < -0.3 is 4.90 Å². The van der Waals surface area contributed by atoms with Gasteiger partial charge in [-0.3, -0.25) is 19.1 Å². The van der Waals surface area contributed by atoms with Gasteiger partial charge in [0.1, 0.15) is 15.4 Å². The lowest BCUT2D eigenvalue weighted by Gasteiger charge is -2.16. The quantitative estimate of drug-likeness (QED) is 0.215. The van der Waals surface area contributed by atoms with Crippen molar-refractivity contribution >= 4 is 62.2 Å². The van der Waals surface area contributed by atoms with Crippen LogP contribution in [0.1, 0.15) is 12.5 Å². The number of amidine groups is 1. The molecule has 1 amide bonds. The number of carbonyl (C=O) groups is 1. The molecule has 0 bridgehead atoms. The van der Waals surface area contributed by atoms with Crippen molar-refractivity contribution in [2.24, 2.45) is 12.0 Å². The SMILES string of the molecule is CCn1c(=O)/c(=C2\C=CC=CN2C)s/c1=C\S/C(=N\c1scc[n+]1C)N(C=O)Cc1ccccc1. The lowest BCUT2D eigenvalue weighted by Crippen LogP contribution is -2.34. The highest BCUT2D eigenvalue weighted by atomic mass is 32.2. The molecule has 0 atom stereocenters. The first kappa shape index (κ1) is 24.9. The molecule has 3 aromatic rings. The molecule has 1 aliphatic rings. The van der Waals surface area contributed by atoms with E-state index in [1.54, 1.807) is 9.47 Å². The molecule has 1 aromatic carbocycles. The van der Waals surface area contributed by atoms with Crippen LogP contribution >= 0.6 is 34.4 Å². The normalized spacial score (nSPS) is 15.7. The van der Waals surface area contributed by atoms with Gasteiger partial charge in [-0.15, -0.1) is 11.3 Å². The van der Waals surface area contributed by atoms with Gasteiger partial charge in [0, 0.05) is 30.6 Å². The Balaban J connectivity index is 1.77. The fourth-order valence-electron chi connectivity index (χ4n) is 3.44. The Labute approximate surface area is 216 Å². The molecular weight excluding hydrogens is 499 g/mol. The summed E-state index contributed by atoms with van der Waals surface area (Å²) in [7, 11) is 3.85. The summed E-state index contributed by atoms with van der Waals surface area (Å²) < 4.78 is 5.17. The zero-order chi connectivity index (χ0) is 24.8. The molecule has 0 N–H and O–H groups in total. The molecule has 0 saturated heterocycles. The van der Waals surface area contributed by atoms with Crippen molar-refractivity contribution in [3.8, 4) is 0 Å². The zero-order valence-electron chi connectivity index (χ0n) is 19.7. The van der Waals surface area contributed by atoms with Crippen LogP contribution in [-0.2, 0) is 24.9 Å². The second-order valence-electron chi connectivity index (χ2n) is 7.66. The van der Waals surface area contributed by atoms with Crippen LogP contribution in [0, 0.1) is 0 Å². The number of aryl methyl sites for hydroxylation is 1. The number of nitrogens with zero attached hydrogens (tertiary/aromatic N) is 5. The summed E-state index contributed by atoms with van der Waals surface area (Å²) in [6.07, 6.45) is 10.5. The third-order valence-corrected chi connectivity index (χ3v) is 8.31. The largest absolute Gasteiger partial charge is 0.384 e. The summed E-state index contributed by atoms with van der Waals surface area (Å²) in [5.74, 6) is 0. The number of aliphatic imine (C=N–C) groups is 1. The molecule has 4 rings (SSSR count). The third kappa shape index (κ3) is 5.72. The zero-order valence-corrected chi connectivity index (χ0v) is 22.1. The van der Waals surface area contributed by atoms with E-state index < -0.39 is 0 Å². The average molecular weight is 525 g/mol. The third-order valence-electron chi connectivity index (χ3n) is 5.30. The number of carbonyl (C=O) groups excluding carboxylic acids is 1. The molecule has 10 heteroatoms. The molecule has 0 radical (unpaired) electrons. The van der Waals surface area contributed by atoms with Crippen molar-refractivity contribution in [3.63, 3.8) is 0 Å². The van der Waals surface area contributed by atoms with Gasteiger partial charge in [-0.1, -0.05) is 47.7 Å². The van der Waals surface area contributed by atoms with Gasteiger partial charge in [0.2, 0.25) is 6.41 Å². The van der Waals surface area contributed by atoms with E-state index in [9.17, 15) is 9.59 Å². The van der Waals surface area contributed by atoms with Crippen molar-refractivity contribution in [1.29, 1.82) is 0 Å². The molecule has 7 nitrogen and oxygen atoms in total. The molecule has 2 aromatic heterocycles. The van der Waals surface area contributed by atoms with Crippen LogP contribution in [-0.4, -0.2) is 33.0 Å². The summed E-state index contributed by atoms with van der Waals surface area (Å²) in [4.78, 5) is 33.7. The minimum absolute atomic E-state index is 0.0224. The number of hydrogen-bond acceptors (Lipinski definition) is 7. The molecule has 35 heavy (non-hydrogen) atoms. The highest BCUT2D eigenvalue weighted by molar-refractivity contribution is 8.20. The molecule has 3 heterocycles. The number of rotatable bonds is 6. The molecule has 0 saturated carbocycles. The number of likely N-dealkylation sites (N-methyl/N-ethyl adjacent to an activating group) is 1. The number of aromatic nitrogens is 2. The Kier molecular flexibility index (Phi) is 8.17. The molecule has 180 valence electrons. The van der Waals surface area contributed by atoms with E-state index in [0.29, 0.717) is 22.8 Å². The Morgan fingerprint density at radius 3 is 2.71 bits per heavy atom. The van der Waals surface area contributed by atoms with E-state index >= 15 is 0 Å². The second kappa shape index (κ2) is 11.5. The lowest BCUT2D eigenvalue weighted by molar-refractivity contribution is -0.653. The number of benzene rings is 1. The molecule has 0 unspecified atom stereocenters. The first-order valence-corrected chi connectivity index (χ1v) is 13.6. The highest BCUT2D eigenvalue weighted by Crippen LogP contribution is 2.20. The molecule has 0 aliphatic carbocycles. The Hall–Kier alpha value is -3.21. The summed E-state index contributed by atoms with van der Waals surface area (Å²) >= 11 is 4.28. The monoisotopic (exact) mass is 524 g/mol. The van der Waals surface area contributed by atoms with E-state index in [4.69, 9.17) is 4.99 Å². The van der Waals surface area contributed by atoms with Crippen molar-refractivity contribution in [1.82, 2.24) is 14.4 Å². The van der Waals surface area contributed by atoms with Crippen LogP contribution in [0.2, 0.25) is 0 Å². The molecule has 0 spiro atoms. The minimum atomic E-state index is -0.0224. The molecular formula is C25H26N5O2S3+. The van der Waals surface area contributed by atoms with Crippen LogP contribution in [0.5, 0.6) is 0 Å². The van der Waals surface area contributed by atoms with Crippen LogP contribution in [0.3, 0.4) is 0 Å². The van der Waals surface area contributed by atoms with E-state index in [1.807, 2.05) is 102 Å². The van der Waals surface area contributed by atoms with Crippen molar-refractivity contribution in [3.05, 3.63) is 91.4 Å². The van der Waals surface area contributed by atoms with Crippen LogP contribution in [0.15, 0.2) is 76.1 Å². The number of amides is 1. The van der Waals surface area contributed by atoms with Crippen LogP contribution < -0.4 is 19.3 Å². The van der Waals surface area contributed by atoms with Crippen LogP contribution in [0.25, 0.3) is 11.1 Å². The number of allylic oxidation sites excluding steroid dienone is 2. The van der Waals surface area contributed by atoms with Gasteiger partial charge in [0.05, 0.1) is 19.3 Å². The maximum absolute atomic E-state index is 13.2. The van der Waals surface area contributed by atoms with Crippen LogP contribution in [0.4, 0.5) is 5.13 Å². The summed E-state index contributed by atoms with van der Waals surface area (Å²) in [6, 6.07) is 9.80. The molecule has 0 fully saturated rings. The van der Waals surface area contributed by atoms with E-state index in [1.165, 1.54) is 34.4 Å². The first-order valence-electron chi connectivity index (χ1n) is 11.0. The summed E-state index contributed by atoms with van der Waals surface area (Å²) in [6.45, 7) is 2.90.